The molecule has 37 heteroatoms. The fourth-order valence-corrected chi connectivity index (χ4v) is 9.56. The number of carbonyl (C=O) groups is 4. The number of nitrogens with one attached hydrogen (secondary N) is 4. The van der Waals surface area contributed by atoms with Gasteiger partial charge in [0.1, 0.15) is 24.1 Å². The maximum Gasteiger partial charge on any atom is 0.442 e. The number of nitrogens with two attached hydrogens (primary N) is 1. The summed E-state index contributed by atoms with van der Waals surface area (Å²) in [5, 5.41) is 20.9. The second-order valence-electron chi connectivity index (χ2n) is 20.9. The van der Waals surface area contributed by atoms with Crippen LogP contribution in [0.5, 0.6) is 23.3 Å². The predicted octanol–water partition coefficient (Wildman–Crippen LogP) is 8.39. The van der Waals surface area contributed by atoms with Crippen molar-refractivity contribution < 1.29 is 65.5 Å². The van der Waals surface area contributed by atoms with Gasteiger partial charge < -0.3 is 59.5 Å². The molecule has 6 aromatic rings. The number of aliphatic carboxylic acids is 1. The Labute approximate surface area is 550 Å². The van der Waals surface area contributed by atoms with Crippen LogP contribution in [0.25, 0.3) is 5.69 Å². The monoisotopic (exact) mass is 1410 g/mol. The van der Waals surface area contributed by atoms with Crippen molar-refractivity contribution in [1.29, 1.82) is 0 Å². The second-order valence-corrected chi connectivity index (χ2v) is 27.2. The minimum Gasteiger partial charge on any atom is -0.489 e. The van der Waals surface area contributed by atoms with Crippen LogP contribution in [0, 0.1) is 0 Å². The number of aromatic nitrogens is 8. The van der Waals surface area contributed by atoms with Crippen molar-refractivity contribution in [3.8, 4) is 28.9 Å². The number of hydrogen-bond donors (Lipinski definition) is 7. The smallest absolute Gasteiger partial charge is 0.442 e. The number of nitrogens with zero attached hydrogens (tertiary/aromatic N) is 10. The van der Waals surface area contributed by atoms with E-state index in [4.69, 9.17) is 97.1 Å². The highest BCUT2D eigenvalue weighted by atomic mass is 35.5. The molecular formula is C54H73Cl5N15O15PS. The molecule has 5 heterocycles. The third kappa shape index (κ3) is 25.3. The number of amides is 4. The molecule has 2 aromatic carbocycles. The number of fused-ring (bicyclic) bond motifs is 1. The van der Waals surface area contributed by atoms with Crippen molar-refractivity contribution >= 4 is 123 Å². The predicted molar refractivity (Wildman–Crippen MR) is 346 cm³/mol. The summed E-state index contributed by atoms with van der Waals surface area (Å²) in [5.41, 5.74) is 5.60. The molecule has 0 spiro atoms. The quantitative estimate of drug-likeness (QED) is 0.0313. The number of pyridine rings is 1. The van der Waals surface area contributed by atoms with Crippen LogP contribution in [0.1, 0.15) is 85.0 Å². The normalized spacial score (nSPS) is 13.5. The van der Waals surface area contributed by atoms with Gasteiger partial charge in [0.2, 0.25) is 40.8 Å². The van der Waals surface area contributed by atoms with Gasteiger partial charge in [-0.3, -0.25) is 24.3 Å². The summed E-state index contributed by atoms with van der Waals surface area (Å²) in [6.45, 7) is 19.7. The topological polar surface area (TPSA) is 403 Å². The number of methoxy groups -OCH3 is 2. The molecule has 0 aliphatic carbocycles. The molecule has 1 aliphatic heterocycles. The Morgan fingerprint density at radius 1 is 0.901 bits per heavy atom. The van der Waals surface area contributed by atoms with Crippen molar-refractivity contribution in [2.45, 2.75) is 108 Å². The number of benzene rings is 2. The Bertz CT molecular complexity index is 3650. The van der Waals surface area contributed by atoms with Gasteiger partial charge in [0.15, 0.2) is 17.2 Å². The van der Waals surface area contributed by atoms with Crippen LogP contribution in [-0.2, 0) is 29.6 Å². The summed E-state index contributed by atoms with van der Waals surface area (Å²) >= 11 is 29.3. The SMILES string of the molecule is CC(C)Oc1cc(-n2nc(C(C)(C)C)oc2=O)c(Cl)cc1Cl.CC1COc2ccccc2N1C(=O)C(Cl)Cl.CCNc1nc(Cl)nc(NC(C)C)n1.COc1cc(OC)nc(NC(=O)NS(=O)(=O)c2ncccc2C(=O)N(C)C)n1.CP(=O)(O)CCC(N)C(=O)O. The summed E-state index contributed by atoms with van der Waals surface area (Å²) < 4.78 is 64.8. The molecule has 0 bridgehead atoms. The first kappa shape index (κ1) is 77.9. The first-order chi connectivity index (χ1) is 42.3. The van der Waals surface area contributed by atoms with Gasteiger partial charge in [-0.25, -0.2) is 19.3 Å². The van der Waals surface area contributed by atoms with Gasteiger partial charge >= 0.3 is 17.8 Å². The van der Waals surface area contributed by atoms with E-state index in [1.54, 1.807) is 15.7 Å². The van der Waals surface area contributed by atoms with Crippen LogP contribution in [0.4, 0.5) is 28.3 Å². The molecular weight excluding hydrogens is 1340 g/mol. The number of ether oxygens (including phenoxy) is 4. The number of hydrogen-bond acceptors (Lipinski definition) is 23. The summed E-state index contributed by atoms with van der Waals surface area (Å²) in [6, 6.07) is 12.5. The van der Waals surface area contributed by atoms with E-state index in [9.17, 15) is 37.0 Å². The van der Waals surface area contributed by atoms with Crippen molar-refractivity contribution in [1.82, 2.24) is 49.3 Å². The minimum atomic E-state index is -4.46. The van der Waals surface area contributed by atoms with Crippen LogP contribution >= 0.6 is 65.4 Å². The molecule has 4 amide bonds. The highest BCUT2D eigenvalue weighted by molar-refractivity contribution is 7.90. The van der Waals surface area contributed by atoms with Crippen LogP contribution in [0.2, 0.25) is 15.3 Å². The first-order valence-electron chi connectivity index (χ1n) is 27.1. The number of carboxylic acid groups (broad SMARTS) is 1. The van der Waals surface area contributed by atoms with Gasteiger partial charge in [0.05, 0.1) is 59.4 Å². The fraction of sp³-hybridized carbons (Fsp3) is 0.444. The number of sulfonamides is 1. The number of rotatable bonds is 18. The van der Waals surface area contributed by atoms with E-state index in [1.165, 1.54) is 70.3 Å². The number of halogens is 5. The molecule has 8 N–H and O–H groups in total. The first-order valence-corrected chi connectivity index (χ1v) is 32.9. The van der Waals surface area contributed by atoms with Gasteiger partial charge in [-0.05, 0) is 89.9 Å². The standard InChI is InChI=1S/C15H18Cl2N2O3.C15H18N6O6S.C11H11Cl2NO2.C8H14ClN5.C5H12NO4P/c1-8(2)21-12-7-11(9(16)6-10(12)17)19-14(20)22-13(18-19)15(3,4)5;1-21(2)13(22)9-6-5-7-16-12(9)28(24,25)20-15(23)19-14-17-10(26-3)8-11(18-14)27-4;1-7-6-16-9-5-3-2-4-8(9)14(7)11(15)10(12)13;1-4-10-7-12-6(9)13-8(14-7)11-5(2)3;1-11(9,10)3-2-4(6)5(7)8/h6-8H,1-5H3;5-8H,1-4H3,(H2,17,18,19,20,23);2-5,7,10H,6H2,1H3;5H,4H2,1-3H3,(H2,10,11,12,13,14);4H,2-3,6H2,1H3,(H,7,8)(H,9,10). The zero-order chi connectivity index (χ0) is 68.9. The zero-order valence-electron chi connectivity index (χ0n) is 52.0. The van der Waals surface area contributed by atoms with Crippen LogP contribution < -0.4 is 56.0 Å². The van der Waals surface area contributed by atoms with Gasteiger partial charge in [-0.1, -0.05) is 79.3 Å². The average Bonchev–Trinajstić information content (AvgIpc) is 1.82. The maximum absolute atomic E-state index is 12.5. The molecule has 0 radical (unpaired) electrons. The largest absolute Gasteiger partial charge is 0.489 e. The third-order valence-electron chi connectivity index (χ3n) is 11.0. The lowest BCUT2D eigenvalue weighted by atomic mass is 9.97. The number of urea groups is 1. The number of anilines is 4. The zero-order valence-corrected chi connectivity index (χ0v) is 57.5. The molecule has 0 saturated heterocycles. The Hall–Kier alpha value is -7.35. The lowest BCUT2D eigenvalue weighted by Crippen LogP contribution is -2.47. The fourth-order valence-electron chi connectivity index (χ4n) is 6.89. The Balaban J connectivity index is 0.000000309. The van der Waals surface area contributed by atoms with Gasteiger partial charge in [0.25, 0.3) is 21.8 Å². The van der Waals surface area contributed by atoms with Crippen LogP contribution in [0.3, 0.4) is 0 Å². The molecule has 7 rings (SSSR count). The Morgan fingerprint density at radius 3 is 2.04 bits per heavy atom. The molecule has 3 atom stereocenters. The molecule has 91 heavy (non-hydrogen) atoms. The number of para-hydroxylation sites is 2. The third-order valence-corrected chi connectivity index (χ3v) is 14.5. The second kappa shape index (κ2) is 35.5. The molecule has 0 saturated carbocycles. The van der Waals surface area contributed by atoms with Crippen molar-refractivity contribution in [3.63, 3.8) is 0 Å². The molecule has 30 nitrogen and oxygen atoms in total. The van der Waals surface area contributed by atoms with Gasteiger partial charge in [-0.2, -0.15) is 38.0 Å². The lowest BCUT2D eigenvalue weighted by molar-refractivity contribution is -0.138. The average molecular weight is 1410 g/mol. The molecule has 4 aromatic heterocycles. The molecule has 1 aliphatic rings. The minimum absolute atomic E-state index is 0.0412. The highest BCUT2D eigenvalue weighted by Crippen LogP contribution is 2.37. The summed E-state index contributed by atoms with van der Waals surface area (Å²) in [4.78, 5) is 92.3. The molecule has 0 fully saturated rings. The van der Waals surface area contributed by atoms with Crippen molar-refractivity contribution in [2.75, 3.05) is 75.1 Å². The molecule has 3 unspecified atom stereocenters. The highest BCUT2D eigenvalue weighted by Gasteiger charge is 2.33. The lowest BCUT2D eigenvalue weighted by Gasteiger charge is -2.35. The van der Waals surface area contributed by atoms with E-state index in [-0.39, 0.29) is 75.7 Å². The van der Waals surface area contributed by atoms with Gasteiger partial charge in [0, 0.05) is 57.2 Å². The van der Waals surface area contributed by atoms with Gasteiger partial charge in [-0.15, -0.1) is 5.10 Å². The van der Waals surface area contributed by atoms with E-state index in [2.05, 4.69) is 51.0 Å². The Kier molecular flexibility index (Phi) is 30.4. The number of carboxylic acids is 1. The van der Waals surface area contributed by atoms with Crippen molar-refractivity contribution in [2.24, 2.45) is 5.73 Å². The van der Waals surface area contributed by atoms with E-state index < -0.39 is 57.0 Å². The summed E-state index contributed by atoms with van der Waals surface area (Å²) in [5.74, 6) is -0.284. The summed E-state index contributed by atoms with van der Waals surface area (Å²) in [7, 11) is -1.95. The maximum atomic E-state index is 12.5. The van der Waals surface area contributed by atoms with E-state index >= 15 is 0 Å². The van der Waals surface area contributed by atoms with E-state index in [0.29, 0.717) is 46.6 Å². The number of alkyl halides is 2. The molecule has 500 valence electrons. The van der Waals surface area contributed by atoms with Crippen molar-refractivity contribution in [3.05, 3.63) is 98.1 Å². The van der Waals surface area contributed by atoms with E-state index in [0.717, 1.165) is 16.9 Å². The number of carbonyl (C=O) groups excluding carboxylic acids is 3. The van der Waals surface area contributed by atoms with Crippen LogP contribution in [-0.4, -0.2) is 170 Å². The van der Waals surface area contributed by atoms with E-state index in [1.807, 2.05) is 86.6 Å². The van der Waals surface area contributed by atoms with Crippen LogP contribution in [0.15, 0.2) is 75.0 Å². The summed E-state index contributed by atoms with van der Waals surface area (Å²) in [6.07, 6.45) is 1.13. The Morgan fingerprint density at radius 2 is 1.52 bits per heavy atom.